The van der Waals surface area contributed by atoms with Crippen molar-refractivity contribution < 1.29 is 27.4 Å². The first-order valence-corrected chi connectivity index (χ1v) is 13.6. The van der Waals surface area contributed by atoms with E-state index in [0.717, 1.165) is 4.47 Å². The van der Waals surface area contributed by atoms with Gasteiger partial charge in [0, 0.05) is 34.6 Å². The number of thiocarbonyl (C=S) groups is 1. The Bertz CT molecular complexity index is 1220. The molecule has 0 saturated heterocycles. The van der Waals surface area contributed by atoms with Crippen molar-refractivity contribution in [2.75, 3.05) is 27.4 Å². The van der Waals surface area contributed by atoms with Crippen LogP contribution in [-0.4, -0.2) is 52.9 Å². The average molecular weight is 587 g/mol. The molecule has 0 aliphatic carbocycles. The largest absolute Gasteiger partial charge is 0.496 e. The summed E-state index contributed by atoms with van der Waals surface area (Å²) in [6.07, 6.45) is 0.582. The maximum atomic E-state index is 13.1. The van der Waals surface area contributed by atoms with E-state index in [1.807, 2.05) is 6.92 Å². The van der Waals surface area contributed by atoms with E-state index in [2.05, 4.69) is 31.3 Å². The maximum Gasteiger partial charge on any atom is 0.267 e. The van der Waals surface area contributed by atoms with E-state index in [-0.39, 0.29) is 33.6 Å². The lowest BCUT2D eigenvalue weighted by Crippen LogP contribution is -2.40. The van der Waals surface area contributed by atoms with Crippen molar-refractivity contribution in [2.24, 2.45) is 0 Å². The van der Waals surface area contributed by atoms with E-state index < -0.39 is 10.0 Å². The van der Waals surface area contributed by atoms with Gasteiger partial charge in [0.2, 0.25) is 0 Å². The predicted octanol–water partition coefficient (Wildman–Crippen LogP) is 3.32. The zero-order chi connectivity index (χ0) is 25.8. The number of hydrogen-bond donors (Lipinski definition) is 3. The summed E-state index contributed by atoms with van der Waals surface area (Å²) < 4.78 is 45.7. The van der Waals surface area contributed by atoms with Crippen LogP contribution in [0.25, 0.3) is 0 Å². The van der Waals surface area contributed by atoms with Crippen LogP contribution in [0.4, 0.5) is 0 Å². The first-order valence-electron chi connectivity index (χ1n) is 10.9. The summed E-state index contributed by atoms with van der Waals surface area (Å²) >= 11 is 8.45. The minimum Gasteiger partial charge on any atom is -0.496 e. The van der Waals surface area contributed by atoms with Gasteiger partial charge in [-0.1, -0.05) is 15.9 Å². The third-order valence-electron chi connectivity index (χ3n) is 5.60. The fraction of sp³-hybridized carbons (Fsp3) is 0.391. The predicted molar refractivity (Wildman–Crippen MR) is 140 cm³/mol. The van der Waals surface area contributed by atoms with Crippen molar-refractivity contribution in [1.82, 2.24) is 15.4 Å². The molecule has 2 atom stereocenters. The number of sulfonamides is 1. The quantitative estimate of drug-likeness (QED) is 0.404. The number of benzene rings is 2. The molecule has 0 fully saturated rings. The van der Waals surface area contributed by atoms with Gasteiger partial charge in [0.05, 0.1) is 26.4 Å². The second-order valence-corrected chi connectivity index (χ2v) is 10.8. The van der Waals surface area contributed by atoms with Crippen LogP contribution in [0.5, 0.6) is 17.2 Å². The van der Waals surface area contributed by atoms with E-state index in [9.17, 15) is 13.2 Å². The van der Waals surface area contributed by atoms with Gasteiger partial charge in [0.1, 0.15) is 22.1 Å². The average Bonchev–Trinajstić information content (AvgIpc) is 2.82. The number of halogens is 1. The Kier molecular flexibility index (Phi) is 8.84. The van der Waals surface area contributed by atoms with Crippen molar-refractivity contribution in [3.8, 4) is 17.2 Å². The summed E-state index contributed by atoms with van der Waals surface area (Å²) in [4.78, 5) is 13.0. The Morgan fingerprint density at radius 3 is 2.60 bits per heavy atom. The van der Waals surface area contributed by atoms with Gasteiger partial charge in [-0.2, -0.15) is 0 Å². The third kappa shape index (κ3) is 6.17. The minimum atomic E-state index is -4.03. The molecule has 1 aliphatic heterocycles. The fourth-order valence-corrected chi connectivity index (χ4v) is 5.88. The molecule has 0 radical (unpaired) electrons. The maximum absolute atomic E-state index is 13.1. The molecular weight excluding hydrogens is 558 g/mol. The molecule has 3 N–H and O–H groups in total. The second-order valence-electron chi connectivity index (χ2n) is 7.86. The van der Waals surface area contributed by atoms with E-state index in [1.165, 1.54) is 20.3 Å². The number of ether oxygens (including phenoxy) is 3. The summed E-state index contributed by atoms with van der Waals surface area (Å²) in [7, 11) is -1.14. The van der Waals surface area contributed by atoms with Gasteiger partial charge in [0.25, 0.3) is 15.9 Å². The number of carbonyl (C=O) groups is 1. The summed E-state index contributed by atoms with van der Waals surface area (Å²) in [5.41, 5.74) is 1.04. The molecule has 1 heterocycles. The topological polar surface area (TPSA) is 115 Å². The van der Waals surface area contributed by atoms with Crippen molar-refractivity contribution >= 4 is 49.2 Å². The molecule has 2 aromatic carbocycles. The number of methoxy groups -OCH3 is 2. The van der Waals surface area contributed by atoms with Crippen molar-refractivity contribution in [3.05, 3.63) is 45.9 Å². The molecule has 0 saturated carbocycles. The molecular formula is C23H28BrN3O6S2. The zero-order valence-corrected chi connectivity index (χ0v) is 23.0. The lowest BCUT2D eigenvalue weighted by atomic mass is 9.87. The summed E-state index contributed by atoms with van der Waals surface area (Å²) in [6, 6.07) is 7.93. The van der Waals surface area contributed by atoms with E-state index in [1.54, 1.807) is 31.2 Å². The standard InChI is InChI=1S/C23H28BrN3O6S2/c1-5-25-23(34)27-35(29,30)21-11-16-15(8-9-33-19(16)12-20(21)32-4)13(2)26-22(28)17-10-14(24)6-7-18(17)31-3/h6-7,10-13,15H,5,8-9H2,1-4H3,(H,26,28)(H2,25,27,34). The Morgan fingerprint density at radius 1 is 1.23 bits per heavy atom. The Morgan fingerprint density at radius 2 is 1.94 bits per heavy atom. The van der Waals surface area contributed by atoms with E-state index in [4.69, 9.17) is 26.4 Å². The van der Waals surface area contributed by atoms with Gasteiger partial charge in [-0.15, -0.1) is 0 Å². The number of nitrogens with one attached hydrogen (secondary N) is 3. The summed E-state index contributed by atoms with van der Waals surface area (Å²) in [5.74, 6) is 0.578. The number of carbonyl (C=O) groups excluding carboxylic acids is 1. The Hall–Kier alpha value is -2.57. The molecule has 2 aromatic rings. The van der Waals surface area contributed by atoms with Gasteiger partial charge >= 0.3 is 0 Å². The van der Waals surface area contributed by atoms with Crippen molar-refractivity contribution in [3.63, 3.8) is 0 Å². The fourth-order valence-electron chi connectivity index (χ4n) is 3.93. The van der Waals surface area contributed by atoms with Crippen molar-refractivity contribution in [2.45, 2.75) is 37.1 Å². The molecule has 1 aliphatic rings. The van der Waals surface area contributed by atoms with Crippen LogP contribution in [-0.2, 0) is 10.0 Å². The molecule has 190 valence electrons. The number of rotatable bonds is 8. The number of fused-ring (bicyclic) bond motifs is 1. The van der Waals surface area contributed by atoms with Crippen LogP contribution >= 0.6 is 28.1 Å². The van der Waals surface area contributed by atoms with Crippen LogP contribution < -0.4 is 29.6 Å². The molecule has 3 rings (SSSR count). The molecule has 35 heavy (non-hydrogen) atoms. The van der Waals surface area contributed by atoms with Crippen LogP contribution in [0.15, 0.2) is 39.7 Å². The minimum absolute atomic E-state index is 0.0105. The molecule has 2 unspecified atom stereocenters. The van der Waals surface area contributed by atoms with Crippen LogP contribution in [0.1, 0.15) is 42.1 Å². The van der Waals surface area contributed by atoms with Gasteiger partial charge in [0.15, 0.2) is 5.11 Å². The van der Waals surface area contributed by atoms with E-state index >= 15 is 0 Å². The molecule has 1 amide bonds. The molecule has 0 aromatic heterocycles. The van der Waals surface area contributed by atoms with Gasteiger partial charge < -0.3 is 24.8 Å². The van der Waals surface area contributed by atoms with Gasteiger partial charge in [-0.05, 0) is 56.8 Å². The van der Waals surface area contributed by atoms with Crippen LogP contribution in [0.3, 0.4) is 0 Å². The molecule has 9 nitrogen and oxygen atoms in total. The first-order chi connectivity index (χ1) is 16.6. The van der Waals surface area contributed by atoms with Crippen LogP contribution in [0.2, 0.25) is 0 Å². The molecule has 12 heteroatoms. The molecule has 0 bridgehead atoms. The summed E-state index contributed by atoms with van der Waals surface area (Å²) in [6.45, 7) is 4.56. The Balaban J connectivity index is 1.94. The second kappa shape index (κ2) is 11.4. The third-order valence-corrected chi connectivity index (χ3v) is 7.84. The van der Waals surface area contributed by atoms with Crippen LogP contribution in [0, 0.1) is 0 Å². The number of hydrogen-bond acceptors (Lipinski definition) is 7. The highest BCUT2D eigenvalue weighted by Gasteiger charge is 2.32. The molecule has 0 spiro atoms. The monoisotopic (exact) mass is 585 g/mol. The highest BCUT2D eigenvalue weighted by atomic mass is 79.9. The lowest BCUT2D eigenvalue weighted by molar-refractivity contribution is 0.0926. The normalized spacial score (nSPS) is 15.7. The SMILES string of the molecule is CCNC(=S)NS(=O)(=O)c1cc2c(cc1OC)OCCC2C(C)NC(=O)c1cc(Br)ccc1OC. The number of amides is 1. The Labute approximate surface area is 219 Å². The smallest absolute Gasteiger partial charge is 0.267 e. The first kappa shape index (κ1) is 27.0. The summed E-state index contributed by atoms with van der Waals surface area (Å²) in [5, 5.41) is 5.77. The highest BCUT2D eigenvalue weighted by molar-refractivity contribution is 9.10. The highest BCUT2D eigenvalue weighted by Crippen LogP contribution is 2.41. The lowest BCUT2D eigenvalue weighted by Gasteiger charge is -2.32. The zero-order valence-electron chi connectivity index (χ0n) is 19.8. The van der Waals surface area contributed by atoms with E-state index in [0.29, 0.717) is 42.2 Å². The van der Waals surface area contributed by atoms with Gasteiger partial charge in [-0.25, -0.2) is 8.42 Å². The van der Waals surface area contributed by atoms with Gasteiger partial charge in [-0.3, -0.25) is 9.52 Å². The van der Waals surface area contributed by atoms with Crippen molar-refractivity contribution in [1.29, 1.82) is 0 Å².